The Morgan fingerprint density at radius 1 is 0.500 bits per heavy atom. The van der Waals surface area contributed by atoms with Crippen LogP contribution in [0.4, 0.5) is 5.69 Å². The fourth-order valence-electron chi connectivity index (χ4n) is 5.16. The molecule has 2 aromatic heterocycles. The Balaban J connectivity index is 0.000000160. The fourth-order valence-corrected chi connectivity index (χ4v) is 5.16. The number of azide groups is 1. The molecule has 0 amide bonds. The number of nitrogens with zero attached hydrogens (tertiary/aromatic N) is 9. The monoisotopic (exact) mass is 795 g/mol. The van der Waals surface area contributed by atoms with Crippen molar-refractivity contribution in [3.05, 3.63) is 192 Å². The van der Waals surface area contributed by atoms with Crippen LogP contribution >= 0.6 is 0 Å². The molecule has 8 rings (SSSR count). The molecule has 0 spiro atoms. The summed E-state index contributed by atoms with van der Waals surface area (Å²) < 4.78 is 3.40. The average molecular weight is 795 g/mol. The van der Waals surface area contributed by atoms with Gasteiger partial charge in [-0.2, -0.15) is 0 Å². The first-order chi connectivity index (χ1) is 29.1. The van der Waals surface area contributed by atoms with Crippen molar-refractivity contribution in [1.82, 2.24) is 30.0 Å². The highest BCUT2D eigenvalue weighted by Gasteiger charge is 2.13. The van der Waals surface area contributed by atoms with Crippen LogP contribution in [0.5, 0.6) is 0 Å². The molecule has 0 saturated carbocycles. The zero-order chi connectivity index (χ0) is 42.7. The minimum Gasteiger partial charge on any atom is -0.423 e. The van der Waals surface area contributed by atoms with Gasteiger partial charge in [-0.1, -0.05) is 149 Å². The van der Waals surface area contributed by atoms with Gasteiger partial charge >= 0.3 is 21.4 Å². The molecule has 0 aliphatic heterocycles. The maximum Gasteiger partial charge on any atom is 0.488 e. The van der Waals surface area contributed by atoms with E-state index in [1.165, 1.54) is 0 Å². The molecule has 18 heteroatoms. The van der Waals surface area contributed by atoms with E-state index in [0.717, 1.165) is 39.5 Å². The lowest BCUT2D eigenvalue weighted by Gasteiger charge is -2.00. The molecule has 294 valence electrons. The van der Waals surface area contributed by atoms with Gasteiger partial charge in [0.1, 0.15) is 11.4 Å². The predicted octanol–water partition coefficient (Wildman–Crippen LogP) is 3.20. The van der Waals surface area contributed by atoms with E-state index in [0.29, 0.717) is 22.1 Å². The number of terminal acetylenes is 1. The van der Waals surface area contributed by atoms with Crippen LogP contribution in [0, 0.1) is 12.3 Å². The van der Waals surface area contributed by atoms with Gasteiger partial charge in [-0.05, 0) is 58.3 Å². The van der Waals surface area contributed by atoms with Crippen LogP contribution in [-0.2, 0) is 0 Å². The second-order valence-electron chi connectivity index (χ2n) is 12.4. The molecule has 15 nitrogen and oxygen atoms in total. The highest BCUT2D eigenvalue weighted by atomic mass is 16.4. The lowest BCUT2D eigenvalue weighted by Crippen LogP contribution is -2.29. The first-order valence-corrected chi connectivity index (χ1v) is 18.1. The Kier molecular flexibility index (Phi) is 16.2. The molecule has 0 unspecified atom stereocenters. The molecule has 0 aliphatic carbocycles. The van der Waals surface area contributed by atoms with Gasteiger partial charge in [0, 0.05) is 27.3 Å². The molecule has 0 radical (unpaired) electrons. The number of aromatic nitrogens is 6. The van der Waals surface area contributed by atoms with Gasteiger partial charge in [0.25, 0.3) is 0 Å². The van der Waals surface area contributed by atoms with Crippen molar-refractivity contribution < 1.29 is 30.1 Å². The van der Waals surface area contributed by atoms with Crippen molar-refractivity contribution in [3.63, 3.8) is 0 Å². The van der Waals surface area contributed by atoms with E-state index >= 15 is 0 Å². The SMILES string of the molecule is C#Cc1ccc(B(O)O)cc1.OB(O)c1ccc(-c2cn(-c3ccccc3)nn2)cc1.OB(O)c1ccc(-c2cn(-c3ccccc3)nn2)cc1.[N-]=[N+]=Nc1ccccc1. The van der Waals surface area contributed by atoms with Gasteiger partial charge in [-0.25, -0.2) is 9.36 Å². The number of hydrogen-bond acceptors (Lipinski definition) is 11. The van der Waals surface area contributed by atoms with E-state index in [1.807, 2.05) is 91.3 Å². The summed E-state index contributed by atoms with van der Waals surface area (Å²) >= 11 is 0. The first kappa shape index (κ1) is 43.5. The van der Waals surface area contributed by atoms with Crippen molar-refractivity contribution in [3.8, 4) is 46.2 Å². The molecule has 2 heterocycles. The van der Waals surface area contributed by atoms with Crippen LogP contribution < -0.4 is 16.4 Å². The van der Waals surface area contributed by atoms with Gasteiger partial charge in [-0.3, -0.25) is 0 Å². The Labute approximate surface area is 346 Å². The molecular weight excluding hydrogens is 759 g/mol. The minimum absolute atomic E-state index is 0.448. The number of para-hydroxylation sites is 2. The van der Waals surface area contributed by atoms with E-state index < -0.39 is 21.4 Å². The van der Waals surface area contributed by atoms with Crippen molar-refractivity contribution in [2.75, 3.05) is 0 Å². The molecule has 0 bridgehead atoms. The minimum atomic E-state index is -1.45. The highest BCUT2D eigenvalue weighted by Crippen LogP contribution is 2.18. The largest absolute Gasteiger partial charge is 0.488 e. The Hall–Kier alpha value is -7.58. The summed E-state index contributed by atoms with van der Waals surface area (Å²) in [4.78, 5) is 2.63. The van der Waals surface area contributed by atoms with Crippen LogP contribution in [0.25, 0.3) is 44.3 Å². The fraction of sp³-hybridized carbons (Fsp3) is 0. The normalized spacial score (nSPS) is 9.82. The van der Waals surface area contributed by atoms with Crippen molar-refractivity contribution >= 4 is 43.4 Å². The predicted molar refractivity (Wildman–Crippen MR) is 233 cm³/mol. The molecular formula is C42H36B3N9O6. The summed E-state index contributed by atoms with van der Waals surface area (Å²) in [5.41, 5.74) is 15.8. The molecule has 6 N–H and O–H groups in total. The van der Waals surface area contributed by atoms with Crippen molar-refractivity contribution in [2.45, 2.75) is 0 Å². The lowest BCUT2D eigenvalue weighted by molar-refractivity contribution is 0.424. The molecule has 0 atom stereocenters. The summed E-state index contributed by atoms with van der Waals surface area (Å²) in [5.74, 6) is 2.43. The molecule has 6 aromatic carbocycles. The van der Waals surface area contributed by atoms with Crippen molar-refractivity contribution in [2.24, 2.45) is 5.11 Å². The summed E-state index contributed by atoms with van der Waals surface area (Å²) in [5, 5.41) is 73.4. The highest BCUT2D eigenvalue weighted by molar-refractivity contribution is 6.59. The summed E-state index contributed by atoms with van der Waals surface area (Å²) in [7, 11) is -4.32. The Bertz CT molecular complexity index is 2460. The smallest absolute Gasteiger partial charge is 0.423 e. The lowest BCUT2D eigenvalue weighted by atomic mass is 9.80. The van der Waals surface area contributed by atoms with E-state index in [2.05, 4.69) is 36.6 Å². The third-order valence-corrected chi connectivity index (χ3v) is 8.33. The third-order valence-electron chi connectivity index (χ3n) is 8.33. The second-order valence-corrected chi connectivity index (χ2v) is 12.4. The number of rotatable bonds is 8. The van der Waals surface area contributed by atoms with Crippen LogP contribution in [0.2, 0.25) is 0 Å². The van der Waals surface area contributed by atoms with Gasteiger partial charge in [0.2, 0.25) is 0 Å². The average Bonchev–Trinajstić information content (AvgIpc) is 4.00. The number of benzene rings is 6. The quantitative estimate of drug-likeness (QED) is 0.0432. The maximum absolute atomic E-state index is 9.06. The van der Waals surface area contributed by atoms with Crippen molar-refractivity contribution in [1.29, 1.82) is 0 Å². The van der Waals surface area contributed by atoms with E-state index in [-0.39, 0.29) is 0 Å². The van der Waals surface area contributed by atoms with E-state index in [1.54, 1.807) is 94.3 Å². The molecule has 8 aromatic rings. The summed E-state index contributed by atoms with van der Waals surface area (Å²) in [6.07, 6.45) is 8.77. The maximum atomic E-state index is 9.06. The summed E-state index contributed by atoms with van der Waals surface area (Å²) in [6, 6.07) is 48.7. The zero-order valence-electron chi connectivity index (χ0n) is 31.8. The van der Waals surface area contributed by atoms with Crippen LogP contribution in [-0.4, -0.2) is 81.5 Å². The molecule has 0 saturated heterocycles. The molecule has 60 heavy (non-hydrogen) atoms. The van der Waals surface area contributed by atoms with E-state index in [4.69, 9.17) is 42.1 Å². The van der Waals surface area contributed by atoms with Crippen LogP contribution in [0.3, 0.4) is 0 Å². The van der Waals surface area contributed by atoms with E-state index in [9.17, 15) is 0 Å². The summed E-state index contributed by atoms with van der Waals surface area (Å²) in [6.45, 7) is 0. The van der Waals surface area contributed by atoms with Crippen LogP contribution in [0.15, 0.2) is 181 Å². The van der Waals surface area contributed by atoms with Gasteiger partial charge in [0.05, 0.1) is 23.8 Å². The van der Waals surface area contributed by atoms with Gasteiger partial charge in [-0.15, -0.1) is 16.6 Å². The third kappa shape index (κ3) is 13.0. The standard InChI is InChI=1S/2C14H12BN3O2.C8H7BO2.C6H5N3/c2*19-15(20)12-8-6-11(7-9-12)14-10-18(17-16-14)13-4-2-1-3-5-13;1-2-7-3-5-8(6-4-7)9(10)11;7-9-8-6-4-2-1-3-5-6/h2*1-10,19-20H;1,3-6,10-11H;1-5H. The van der Waals surface area contributed by atoms with Gasteiger partial charge < -0.3 is 30.1 Å². The second kappa shape index (κ2) is 22.4. The topological polar surface area (TPSA) is 232 Å². The Morgan fingerprint density at radius 2 is 0.850 bits per heavy atom. The van der Waals surface area contributed by atoms with Crippen LogP contribution in [0.1, 0.15) is 5.56 Å². The molecule has 0 fully saturated rings. The first-order valence-electron chi connectivity index (χ1n) is 18.1. The molecule has 0 aliphatic rings. The number of hydrogen-bond donors (Lipinski definition) is 6. The zero-order valence-corrected chi connectivity index (χ0v) is 31.8. The van der Waals surface area contributed by atoms with Gasteiger partial charge in [0.15, 0.2) is 0 Å². The Morgan fingerprint density at radius 3 is 1.18 bits per heavy atom.